The average molecular weight is 465 g/mol. The van der Waals surface area contributed by atoms with E-state index >= 15 is 0 Å². The van der Waals surface area contributed by atoms with E-state index in [2.05, 4.69) is 23.7 Å². The summed E-state index contributed by atoms with van der Waals surface area (Å²) in [6, 6.07) is 17.4. The molecule has 0 radical (unpaired) electrons. The molecule has 1 aromatic heterocycles. The van der Waals surface area contributed by atoms with Crippen LogP contribution in [0.2, 0.25) is 0 Å². The molecule has 0 saturated carbocycles. The summed E-state index contributed by atoms with van der Waals surface area (Å²) < 4.78 is 11.5. The molecule has 2 bridgehead atoms. The number of fused-ring (bicyclic) bond motifs is 4. The van der Waals surface area contributed by atoms with Crippen LogP contribution in [0.25, 0.3) is 10.9 Å². The Morgan fingerprint density at radius 2 is 1.97 bits per heavy atom. The van der Waals surface area contributed by atoms with Gasteiger partial charge >= 0.3 is 5.97 Å². The number of nitrogens with zero attached hydrogens (tertiary/aromatic N) is 1. The summed E-state index contributed by atoms with van der Waals surface area (Å²) in [4.78, 5) is 19.3. The maximum absolute atomic E-state index is 13.2. The number of piperidine rings is 3. The summed E-state index contributed by atoms with van der Waals surface area (Å²) in [6.45, 7) is 6.22. The molecule has 3 aliphatic heterocycles. The molecule has 1 N–H and O–H groups in total. The molecule has 3 aliphatic rings. The van der Waals surface area contributed by atoms with Crippen LogP contribution in [0.5, 0.6) is 5.75 Å². The second kappa shape index (κ2) is 9.94. The van der Waals surface area contributed by atoms with Gasteiger partial charge in [0.2, 0.25) is 0 Å². The molecule has 5 atom stereocenters. The van der Waals surface area contributed by atoms with E-state index in [0.717, 1.165) is 36.0 Å². The van der Waals surface area contributed by atoms with Gasteiger partial charge in [0.05, 0.1) is 31.3 Å². The van der Waals surface area contributed by atoms with Crippen molar-refractivity contribution in [2.24, 2.45) is 11.8 Å². The van der Waals surface area contributed by atoms with E-state index < -0.39 is 0 Å². The number of hydrogen-bond donors (Lipinski definition) is 1. The molecule has 5 nitrogen and oxygen atoms in total. The van der Waals surface area contributed by atoms with Crippen LogP contribution in [0, 0.1) is 11.8 Å². The molecule has 6 rings (SSSR count). The predicted octanol–water partition coefficient (Wildman–Crippen LogP) is 0.625. The zero-order valence-corrected chi connectivity index (χ0v) is 19.5. The Balaban J connectivity index is 0.00000259. The lowest BCUT2D eigenvalue weighted by Crippen LogP contribution is -3.20. The first kappa shape index (κ1) is 23.3. The molecule has 0 amide bonds. The van der Waals surface area contributed by atoms with Crippen LogP contribution in [0.1, 0.15) is 34.9 Å². The fourth-order valence-corrected chi connectivity index (χ4v) is 5.53. The minimum absolute atomic E-state index is 0. The molecule has 3 aromatic rings. The largest absolute Gasteiger partial charge is 1.00 e. The third-order valence-electron chi connectivity index (χ3n) is 7.24. The van der Waals surface area contributed by atoms with Crippen molar-refractivity contribution in [3.05, 3.63) is 84.6 Å². The van der Waals surface area contributed by atoms with Gasteiger partial charge in [0.25, 0.3) is 0 Å². The maximum atomic E-state index is 13.2. The minimum Gasteiger partial charge on any atom is -1.00 e. The van der Waals surface area contributed by atoms with Crippen LogP contribution in [-0.4, -0.2) is 37.2 Å². The van der Waals surface area contributed by atoms with Crippen molar-refractivity contribution >= 4 is 16.9 Å². The van der Waals surface area contributed by atoms with Crippen LogP contribution in [0.15, 0.2) is 73.4 Å². The lowest BCUT2D eigenvalue weighted by Gasteiger charge is -2.48. The van der Waals surface area contributed by atoms with Crippen LogP contribution in [0.4, 0.5) is 0 Å². The summed E-state index contributed by atoms with van der Waals surface area (Å²) >= 11 is 0. The zero-order chi connectivity index (χ0) is 22.1. The molecular formula is C27H29ClN2O3. The number of pyridine rings is 1. The van der Waals surface area contributed by atoms with Gasteiger partial charge in [0.1, 0.15) is 11.8 Å². The number of carbonyl (C=O) groups excluding carboxylic acids is 1. The maximum Gasteiger partial charge on any atom is 0.338 e. The van der Waals surface area contributed by atoms with Gasteiger partial charge < -0.3 is 26.8 Å². The van der Waals surface area contributed by atoms with Crippen molar-refractivity contribution in [3.63, 3.8) is 0 Å². The molecule has 3 fully saturated rings. The Kier molecular flexibility index (Phi) is 7.01. The van der Waals surface area contributed by atoms with E-state index in [1.807, 2.05) is 30.5 Å². The van der Waals surface area contributed by atoms with Gasteiger partial charge in [0.15, 0.2) is 6.10 Å². The Bertz CT molecular complexity index is 1130. The number of carbonyl (C=O) groups is 1. The average Bonchev–Trinajstić information content (AvgIpc) is 2.87. The molecule has 3 saturated heterocycles. The lowest BCUT2D eigenvalue weighted by molar-refractivity contribution is -0.949. The van der Waals surface area contributed by atoms with Gasteiger partial charge in [-0.25, -0.2) is 4.79 Å². The molecule has 172 valence electrons. The van der Waals surface area contributed by atoms with Gasteiger partial charge in [0, 0.05) is 35.9 Å². The highest BCUT2D eigenvalue weighted by atomic mass is 35.5. The summed E-state index contributed by atoms with van der Waals surface area (Å²) in [6.07, 6.45) is 5.84. The molecule has 6 heteroatoms. The third kappa shape index (κ3) is 4.48. The Hall–Kier alpha value is -2.89. The molecule has 0 aliphatic carbocycles. The van der Waals surface area contributed by atoms with Crippen LogP contribution in [-0.2, 0) is 4.74 Å². The second-order valence-corrected chi connectivity index (χ2v) is 8.87. The van der Waals surface area contributed by atoms with Crippen molar-refractivity contribution in [3.8, 4) is 5.75 Å². The molecule has 0 spiro atoms. The van der Waals surface area contributed by atoms with E-state index in [4.69, 9.17) is 9.47 Å². The first-order valence-corrected chi connectivity index (χ1v) is 11.3. The minimum atomic E-state index is -0.332. The van der Waals surface area contributed by atoms with E-state index in [1.54, 1.807) is 31.4 Å². The number of rotatable bonds is 6. The Morgan fingerprint density at radius 3 is 2.67 bits per heavy atom. The van der Waals surface area contributed by atoms with Crippen molar-refractivity contribution in [1.29, 1.82) is 0 Å². The number of halogens is 1. The van der Waals surface area contributed by atoms with Gasteiger partial charge in [-0.1, -0.05) is 24.3 Å². The highest BCUT2D eigenvalue weighted by molar-refractivity contribution is 5.90. The number of aromatic nitrogens is 1. The number of quaternary nitrogens is 1. The van der Waals surface area contributed by atoms with Crippen molar-refractivity contribution in [1.82, 2.24) is 4.98 Å². The third-order valence-corrected chi connectivity index (χ3v) is 7.24. The Morgan fingerprint density at radius 1 is 1.18 bits per heavy atom. The van der Waals surface area contributed by atoms with Gasteiger partial charge in [-0.05, 0) is 42.3 Å². The zero-order valence-electron chi connectivity index (χ0n) is 18.7. The van der Waals surface area contributed by atoms with Gasteiger partial charge in [-0.15, -0.1) is 6.58 Å². The number of methoxy groups -OCH3 is 1. The van der Waals surface area contributed by atoms with Crippen molar-refractivity contribution in [2.45, 2.75) is 25.0 Å². The summed E-state index contributed by atoms with van der Waals surface area (Å²) in [5, 5.41) is 1.05. The number of ether oxygens (including phenoxy) is 2. The van der Waals surface area contributed by atoms with Crippen LogP contribution in [0.3, 0.4) is 0 Å². The van der Waals surface area contributed by atoms with Crippen molar-refractivity contribution < 1.29 is 31.6 Å². The first-order valence-electron chi connectivity index (χ1n) is 11.3. The fourth-order valence-electron chi connectivity index (χ4n) is 5.53. The molecular weight excluding hydrogens is 436 g/mol. The van der Waals surface area contributed by atoms with E-state index in [9.17, 15) is 4.79 Å². The van der Waals surface area contributed by atoms with Gasteiger partial charge in [-0.2, -0.15) is 0 Å². The van der Waals surface area contributed by atoms with E-state index in [-0.39, 0.29) is 30.5 Å². The SMILES string of the molecule is C=CC1C[NH+]2CCC1CC2C(OC(=O)c1ccc(OC)cc1)c1ccnc2ccccc12.[Cl-]. The number of nitrogens with one attached hydrogen (secondary N) is 1. The predicted molar refractivity (Wildman–Crippen MR) is 124 cm³/mol. The molecule has 2 aromatic carbocycles. The topological polar surface area (TPSA) is 52.9 Å². The second-order valence-electron chi connectivity index (χ2n) is 8.87. The van der Waals surface area contributed by atoms with E-state index in [0.29, 0.717) is 23.1 Å². The molecule has 33 heavy (non-hydrogen) atoms. The van der Waals surface area contributed by atoms with Gasteiger partial charge in [-0.3, -0.25) is 4.98 Å². The summed E-state index contributed by atoms with van der Waals surface area (Å²) in [5.41, 5.74) is 2.49. The normalized spacial score (nSPS) is 24.5. The van der Waals surface area contributed by atoms with Crippen molar-refractivity contribution in [2.75, 3.05) is 20.2 Å². The highest BCUT2D eigenvalue weighted by Crippen LogP contribution is 2.36. The highest BCUT2D eigenvalue weighted by Gasteiger charge is 2.47. The standard InChI is InChI=1S/C27H28N2O3.ClH/c1-3-18-17-29-15-13-20(18)16-25(29)26(23-12-14-28-24-7-5-4-6-22(23)24)32-27(30)19-8-10-21(31-2)11-9-19;/h3-12,14,18,20,25-26H,1,13,15-17H2,2H3;1H. The number of para-hydroxylation sites is 1. The smallest absolute Gasteiger partial charge is 0.338 e. The summed E-state index contributed by atoms with van der Waals surface area (Å²) in [5.74, 6) is 1.56. The van der Waals surface area contributed by atoms with Crippen LogP contribution >= 0.6 is 0 Å². The molecule has 4 heterocycles. The summed E-state index contributed by atoms with van der Waals surface area (Å²) in [7, 11) is 1.61. The van der Waals surface area contributed by atoms with Crippen LogP contribution < -0.4 is 22.0 Å². The number of hydrogen-bond acceptors (Lipinski definition) is 4. The fraction of sp³-hybridized carbons (Fsp3) is 0.333. The number of esters is 1. The monoisotopic (exact) mass is 464 g/mol. The molecule has 5 unspecified atom stereocenters. The quantitative estimate of drug-likeness (QED) is 0.429. The van der Waals surface area contributed by atoms with E-state index in [1.165, 1.54) is 11.3 Å². The Labute approximate surface area is 200 Å². The first-order chi connectivity index (χ1) is 15.7. The number of benzene rings is 2. The lowest BCUT2D eigenvalue weighted by atomic mass is 9.73.